The number of hydrogen-bond acceptors (Lipinski definition) is 3. The highest BCUT2D eigenvalue weighted by atomic mass is 16.4. The van der Waals surface area contributed by atoms with Crippen molar-refractivity contribution in [2.24, 2.45) is 0 Å². The van der Waals surface area contributed by atoms with E-state index in [1.54, 1.807) is 11.9 Å². The van der Waals surface area contributed by atoms with Gasteiger partial charge in [-0.2, -0.15) is 0 Å². The number of nitrogens with zero attached hydrogens (tertiary/aromatic N) is 2. The van der Waals surface area contributed by atoms with Crippen LogP contribution in [0.25, 0.3) is 0 Å². The maximum absolute atomic E-state index is 11.7. The number of carbonyl (C=O) groups excluding carboxylic acids is 1. The second-order valence-electron chi connectivity index (χ2n) is 4.98. The molecule has 0 radical (unpaired) electrons. The average Bonchev–Trinajstić information content (AvgIpc) is 2.35. The van der Waals surface area contributed by atoms with Crippen LogP contribution >= 0.6 is 0 Å². The van der Waals surface area contributed by atoms with Crippen LogP contribution in [0, 0.1) is 0 Å². The summed E-state index contributed by atoms with van der Waals surface area (Å²) in [6.07, 6.45) is 3.90. The molecule has 5 nitrogen and oxygen atoms in total. The van der Waals surface area contributed by atoms with Gasteiger partial charge in [-0.25, -0.2) is 4.79 Å². The molecule has 0 bridgehead atoms. The summed E-state index contributed by atoms with van der Waals surface area (Å²) in [4.78, 5) is 26.1. The number of aliphatic carboxylic acids is 1. The first-order valence-corrected chi connectivity index (χ1v) is 6.33. The Balaban J connectivity index is 2.47. The number of amides is 1. The molecule has 1 saturated heterocycles. The fraction of sp³-hybridized carbons (Fsp3) is 0.692. The van der Waals surface area contributed by atoms with Gasteiger partial charge in [-0.3, -0.25) is 4.79 Å². The van der Waals surface area contributed by atoms with Crippen LogP contribution in [0.3, 0.4) is 0 Å². The molecule has 5 heteroatoms. The fourth-order valence-corrected chi connectivity index (χ4v) is 2.23. The minimum Gasteiger partial charge on any atom is -0.478 e. The molecular formula is C13H22N2O3. The number of piperidine rings is 1. The summed E-state index contributed by atoms with van der Waals surface area (Å²) < 4.78 is 0. The van der Waals surface area contributed by atoms with Crippen molar-refractivity contribution in [2.75, 3.05) is 20.1 Å². The molecule has 1 aliphatic heterocycles. The number of likely N-dealkylation sites (tertiary alicyclic amines) is 1. The van der Waals surface area contributed by atoms with Gasteiger partial charge in [0.2, 0.25) is 5.91 Å². The van der Waals surface area contributed by atoms with Gasteiger partial charge in [0, 0.05) is 44.4 Å². The van der Waals surface area contributed by atoms with Crippen molar-refractivity contribution < 1.29 is 14.7 Å². The Morgan fingerprint density at radius 3 is 2.28 bits per heavy atom. The maximum atomic E-state index is 11.7. The molecular weight excluding hydrogens is 232 g/mol. The Morgan fingerprint density at radius 2 is 1.83 bits per heavy atom. The molecule has 0 unspecified atom stereocenters. The summed E-state index contributed by atoms with van der Waals surface area (Å²) in [5.74, 6) is -1.33. The Morgan fingerprint density at radius 1 is 1.28 bits per heavy atom. The third-order valence-electron chi connectivity index (χ3n) is 3.49. The molecule has 102 valence electrons. The smallest absolute Gasteiger partial charge is 0.328 e. The molecule has 1 fully saturated rings. The molecule has 1 aliphatic rings. The molecule has 18 heavy (non-hydrogen) atoms. The van der Waals surface area contributed by atoms with Crippen molar-refractivity contribution in [3.8, 4) is 0 Å². The molecule has 0 aliphatic carbocycles. The summed E-state index contributed by atoms with van der Waals surface area (Å²) in [7, 11) is 1.74. The molecule has 0 aromatic rings. The molecule has 0 spiro atoms. The first kappa shape index (κ1) is 14.7. The fourth-order valence-electron chi connectivity index (χ4n) is 2.23. The molecule has 1 amide bonds. The lowest BCUT2D eigenvalue weighted by atomic mass is 10.0. The van der Waals surface area contributed by atoms with Gasteiger partial charge in [0.1, 0.15) is 0 Å². The second-order valence-corrected chi connectivity index (χ2v) is 4.98. The lowest BCUT2D eigenvalue weighted by Crippen LogP contribution is -2.47. The van der Waals surface area contributed by atoms with Crippen molar-refractivity contribution in [3.63, 3.8) is 0 Å². The summed E-state index contributed by atoms with van der Waals surface area (Å²) in [6.45, 7) is 6.32. The summed E-state index contributed by atoms with van der Waals surface area (Å²) in [6, 6.07) is 0.754. The molecule has 1 rings (SSSR count). The topological polar surface area (TPSA) is 60.9 Å². The number of carbonyl (C=O) groups is 2. The van der Waals surface area contributed by atoms with Crippen molar-refractivity contribution in [1.82, 2.24) is 9.80 Å². The van der Waals surface area contributed by atoms with Crippen molar-refractivity contribution in [1.29, 1.82) is 0 Å². The average molecular weight is 254 g/mol. The summed E-state index contributed by atoms with van der Waals surface area (Å²) in [5, 5.41) is 8.49. The van der Waals surface area contributed by atoms with E-state index in [2.05, 4.69) is 18.7 Å². The van der Waals surface area contributed by atoms with Crippen LogP contribution in [0.5, 0.6) is 0 Å². The van der Waals surface area contributed by atoms with E-state index in [1.165, 1.54) is 0 Å². The van der Waals surface area contributed by atoms with Crippen LogP contribution in [0.2, 0.25) is 0 Å². The lowest BCUT2D eigenvalue weighted by molar-refractivity contribution is -0.132. The van der Waals surface area contributed by atoms with E-state index in [1.807, 2.05) is 0 Å². The van der Waals surface area contributed by atoms with E-state index >= 15 is 0 Å². The zero-order valence-electron chi connectivity index (χ0n) is 11.3. The van der Waals surface area contributed by atoms with Gasteiger partial charge in [0.25, 0.3) is 0 Å². The van der Waals surface area contributed by atoms with Gasteiger partial charge >= 0.3 is 5.97 Å². The largest absolute Gasteiger partial charge is 0.478 e. The highest BCUT2D eigenvalue weighted by Crippen LogP contribution is 2.17. The van der Waals surface area contributed by atoms with Gasteiger partial charge in [0.15, 0.2) is 0 Å². The van der Waals surface area contributed by atoms with Crippen LogP contribution in [0.4, 0.5) is 0 Å². The van der Waals surface area contributed by atoms with Gasteiger partial charge < -0.3 is 14.9 Å². The lowest BCUT2D eigenvalue weighted by Gasteiger charge is -2.38. The van der Waals surface area contributed by atoms with E-state index in [0.717, 1.165) is 38.1 Å². The van der Waals surface area contributed by atoms with Crippen LogP contribution in [-0.2, 0) is 9.59 Å². The first-order valence-electron chi connectivity index (χ1n) is 6.33. The van der Waals surface area contributed by atoms with E-state index in [-0.39, 0.29) is 11.9 Å². The maximum Gasteiger partial charge on any atom is 0.328 e. The molecule has 0 saturated carbocycles. The van der Waals surface area contributed by atoms with Gasteiger partial charge in [-0.05, 0) is 26.7 Å². The monoisotopic (exact) mass is 254 g/mol. The van der Waals surface area contributed by atoms with Crippen LogP contribution < -0.4 is 0 Å². The Labute approximate surface area is 108 Å². The van der Waals surface area contributed by atoms with E-state index in [9.17, 15) is 9.59 Å². The van der Waals surface area contributed by atoms with Gasteiger partial charge in [0.05, 0.1) is 0 Å². The van der Waals surface area contributed by atoms with Gasteiger partial charge in [-0.15, -0.1) is 0 Å². The number of rotatable bonds is 4. The molecule has 0 atom stereocenters. The van der Waals surface area contributed by atoms with Crippen LogP contribution in [0.1, 0.15) is 26.7 Å². The van der Waals surface area contributed by atoms with Crippen molar-refractivity contribution >= 4 is 11.9 Å². The standard InChI is InChI=1S/C13H22N2O3/c1-10(2)15-8-6-11(7-9-15)14(3)12(16)4-5-13(17)18/h4-5,10-11H,6-9H2,1-3H3,(H,17,18)/b5-4+. The molecule has 0 aromatic heterocycles. The third-order valence-corrected chi connectivity index (χ3v) is 3.49. The number of carboxylic acid groups (broad SMARTS) is 1. The second kappa shape index (κ2) is 6.54. The van der Waals surface area contributed by atoms with Crippen molar-refractivity contribution in [3.05, 3.63) is 12.2 Å². The molecule has 1 N–H and O–H groups in total. The quantitative estimate of drug-likeness (QED) is 0.759. The highest BCUT2D eigenvalue weighted by molar-refractivity contribution is 5.93. The summed E-state index contributed by atoms with van der Waals surface area (Å²) in [5.41, 5.74) is 0. The van der Waals surface area contributed by atoms with E-state index in [0.29, 0.717) is 6.04 Å². The predicted octanol–water partition coefficient (Wildman–Crippen LogP) is 0.958. The molecule has 1 heterocycles. The predicted molar refractivity (Wildman–Crippen MR) is 69.3 cm³/mol. The Hall–Kier alpha value is -1.36. The zero-order chi connectivity index (χ0) is 13.7. The third kappa shape index (κ3) is 4.14. The molecule has 0 aromatic carbocycles. The zero-order valence-corrected chi connectivity index (χ0v) is 11.3. The van der Waals surface area contributed by atoms with Crippen molar-refractivity contribution in [2.45, 2.75) is 38.8 Å². The number of hydrogen-bond donors (Lipinski definition) is 1. The minimum atomic E-state index is -1.09. The minimum absolute atomic E-state index is 0.214. The van der Waals surface area contributed by atoms with Crippen LogP contribution in [-0.4, -0.2) is 59.0 Å². The van der Waals surface area contributed by atoms with Gasteiger partial charge in [-0.1, -0.05) is 0 Å². The Bertz CT molecular complexity index is 331. The summed E-state index contributed by atoms with van der Waals surface area (Å²) >= 11 is 0. The van der Waals surface area contributed by atoms with Crippen LogP contribution in [0.15, 0.2) is 12.2 Å². The Kier molecular flexibility index (Phi) is 5.34. The normalized spacial score (nSPS) is 18.4. The highest BCUT2D eigenvalue weighted by Gasteiger charge is 2.25. The number of likely N-dealkylation sites (N-methyl/N-ethyl adjacent to an activating group) is 1. The van der Waals surface area contributed by atoms with E-state index in [4.69, 9.17) is 5.11 Å². The SMILES string of the molecule is CC(C)N1CCC(N(C)C(=O)/C=C/C(=O)O)CC1. The van der Waals surface area contributed by atoms with E-state index < -0.39 is 5.97 Å². The number of carboxylic acids is 1. The first-order chi connectivity index (χ1) is 8.41.